The van der Waals surface area contributed by atoms with Gasteiger partial charge < -0.3 is 10.1 Å². The van der Waals surface area contributed by atoms with E-state index in [9.17, 15) is 9.18 Å². The van der Waals surface area contributed by atoms with Gasteiger partial charge in [0.2, 0.25) is 0 Å². The molecule has 0 bridgehead atoms. The normalized spacial score (nSPS) is 10.1. The summed E-state index contributed by atoms with van der Waals surface area (Å²) in [6.07, 6.45) is 0. The molecule has 1 heterocycles. The summed E-state index contributed by atoms with van der Waals surface area (Å²) >= 11 is 1.54. The maximum atomic E-state index is 13.6. The van der Waals surface area contributed by atoms with Crippen molar-refractivity contribution in [1.29, 1.82) is 0 Å². The molecule has 0 radical (unpaired) electrons. The molecule has 0 saturated carbocycles. The van der Waals surface area contributed by atoms with Crippen molar-refractivity contribution in [2.24, 2.45) is 0 Å². The molecule has 1 aromatic carbocycles. The largest absolute Gasteiger partial charge is 0.497 e. The number of hydrogen-bond donors (Lipinski definition) is 1. The number of benzene rings is 1. The summed E-state index contributed by atoms with van der Waals surface area (Å²) in [6.45, 7) is 0.405. The smallest absolute Gasteiger partial charge is 0.254 e. The third-order valence-corrected chi connectivity index (χ3v) is 3.30. The zero-order chi connectivity index (χ0) is 13.0. The molecule has 0 spiro atoms. The maximum Gasteiger partial charge on any atom is 0.254 e. The van der Waals surface area contributed by atoms with Crippen molar-refractivity contribution in [2.45, 2.75) is 6.54 Å². The summed E-state index contributed by atoms with van der Waals surface area (Å²) in [5.74, 6) is -0.621. The van der Waals surface area contributed by atoms with Crippen LogP contribution in [-0.2, 0) is 6.54 Å². The van der Waals surface area contributed by atoms with Crippen LogP contribution in [0.2, 0.25) is 0 Å². The van der Waals surface area contributed by atoms with E-state index in [0.717, 1.165) is 4.88 Å². The highest BCUT2D eigenvalue weighted by molar-refractivity contribution is 7.09. The lowest BCUT2D eigenvalue weighted by Gasteiger charge is -2.06. The fourth-order valence-electron chi connectivity index (χ4n) is 1.48. The van der Waals surface area contributed by atoms with Crippen LogP contribution >= 0.6 is 11.3 Å². The molecule has 2 aromatic rings. The first-order valence-electron chi connectivity index (χ1n) is 5.35. The van der Waals surface area contributed by atoms with Crippen molar-refractivity contribution < 1.29 is 13.9 Å². The van der Waals surface area contributed by atoms with E-state index in [0.29, 0.717) is 12.3 Å². The summed E-state index contributed by atoms with van der Waals surface area (Å²) in [5.41, 5.74) is 0.0207. The lowest BCUT2D eigenvalue weighted by atomic mass is 10.2. The van der Waals surface area contributed by atoms with E-state index in [1.807, 2.05) is 17.5 Å². The Bertz CT molecular complexity index is 540. The number of hydrogen-bond acceptors (Lipinski definition) is 3. The van der Waals surface area contributed by atoms with Gasteiger partial charge in [0.1, 0.15) is 11.6 Å². The average molecular weight is 265 g/mol. The van der Waals surface area contributed by atoms with Crippen molar-refractivity contribution >= 4 is 17.2 Å². The minimum absolute atomic E-state index is 0.0207. The van der Waals surface area contributed by atoms with Gasteiger partial charge in [0.15, 0.2) is 0 Å². The Balaban J connectivity index is 2.04. The molecule has 0 atom stereocenters. The Morgan fingerprint density at radius 2 is 2.28 bits per heavy atom. The number of carbonyl (C=O) groups is 1. The molecule has 94 valence electrons. The summed E-state index contributed by atoms with van der Waals surface area (Å²) in [6, 6.07) is 7.98. The second kappa shape index (κ2) is 5.64. The number of nitrogens with one attached hydrogen (secondary N) is 1. The van der Waals surface area contributed by atoms with E-state index in [1.54, 1.807) is 17.4 Å². The van der Waals surface area contributed by atoms with Crippen LogP contribution in [-0.4, -0.2) is 13.0 Å². The van der Waals surface area contributed by atoms with Gasteiger partial charge in [-0.2, -0.15) is 0 Å². The molecule has 3 nitrogen and oxygen atoms in total. The molecule has 1 amide bonds. The molecule has 0 aliphatic carbocycles. The van der Waals surface area contributed by atoms with E-state index in [-0.39, 0.29) is 5.56 Å². The predicted molar refractivity (Wildman–Crippen MR) is 68.4 cm³/mol. The number of thiophene rings is 1. The Hall–Kier alpha value is -1.88. The minimum atomic E-state index is -0.585. The van der Waals surface area contributed by atoms with Crippen LogP contribution in [0.15, 0.2) is 35.7 Å². The van der Waals surface area contributed by atoms with E-state index in [2.05, 4.69) is 5.32 Å². The predicted octanol–water partition coefficient (Wildman–Crippen LogP) is 2.83. The summed E-state index contributed by atoms with van der Waals surface area (Å²) in [4.78, 5) is 12.8. The van der Waals surface area contributed by atoms with Gasteiger partial charge in [-0.25, -0.2) is 4.39 Å². The van der Waals surface area contributed by atoms with Crippen LogP contribution in [0.1, 0.15) is 15.2 Å². The minimum Gasteiger partial charge on any atom is -0.497 e. The van der Waals surface area contributed by atoms with Crippen molar-refractivity contribution in [2.75, 3.05) is 7.11 Å². The van der Waals surface area contributed by atoms with Crippen LogP contribution in [0.3, 0.4) is 0 Å². The number of methoxy groups -OCH3 is 1. The molecule has 1 aromatic heterocycles. The molecular weight excluding hydrogens is 253 g/mol. The number of rotatable bonds is 4. The first kappa shape index (κ1) is 12.6. The Kier molecular flexibility index (Phi) is 3.94. The molecular formula is C13H12FNO2S. The van der Waals surface area contributed by atoms with E-state index in [4.69, 9.17) is 4.74 Å². The SMILES string of the molecule is COc1ccc(C(=O)NCc2cccs2)c(F)c1. The highest BCUT2D eigenvalue weighted by Gasteiger charge is 2.12. The quantitative estimate of drug-likeness (QED) is 0.923. The van der Waals surface area contributed by atoms with Crippen molar-refractivity contribution in [3.63, 3.8) is 0 Å². The fraction of sp³-hybridized carbons (Fsp3) is 0.154. The van der Waals surface area contributed by atoms with E-state index < -0.39 is 11.7 Å². The highest BCUT2D eigenvalue weighted by atomic mass is 32.1. The average Bonchev–Trinajstić information content (AvgIpc) is 2.88. The first-order valence-corrected chi connectivity index (χ1v) is 6.23. The first-order chi connectivity index (χ1) is 8.70. The zero-order valence-electron chi connectivity index (χ0n) is 9.77. The Morgan fingerprint density at radius 3 is 2.89 bits per heavy atom. The third kappa shape index (κ3) is 2.87. The molecule has 0 saturated heterocycles. The molecule has 0 aliphatic rings. The van der Waals surface area contributed by atoms with E-state index >= 15 is 0 Å². The second-order valence-corrected chi connectivity index (χ2v) is 4.64. The van der Waals surface area contributed by atoms with E-state index in [1.165, 1.54) is 19.2 Å². The van der Waals surface area contributed by atoms with Gasteiger partial charge in [-0.3, -0.25) is 4.79 Å². The van der Waals surface area contributed by atoms with Gasteiger partial charge in [0.05, 0.1) is 19.2 Å². The van der Waals surface area contributed by atoms with Crippen LogP contribution in [0, 0.1) is 5.82 Å². The lowest BCUT2D eigenvalue weighted by Crippen LogP contribution is -2.23. The van der Waals surface area contributed by atoms with Crippen LogP contribution < -0.4 is 10.1 Å². The van der Waals surface area contributed by atoms with Gasteiger partial charge >= 0.3 is 0 Å². The molecule has 0 fully saturated rings. The standard InChI is InChI=1S/C13H12FNO2S/c1-17-9-4-5-11(12(14)7-9)13(16)15-8-10-3-2-6-18-10/h2-7H,8H2,1H3,(H,15,16). The monoisotopic (exact) mass is 265 g/mol. The van der Waals surface area contributed by atoms with Crippen LogP contribution in [0.5, 0.6) is 5.75 Å². The number of carbonyl (C=O) groups excluding carboxylic acids is 1. The highest BCUT2D eigenvalue weighted by Crippen LogP contribution is 2.16. The summed E-state index contributed by atoms with van der Waals surface area (Å²) < 4.78 is 18.5. The Labute approximate surface area is 108 Å². The third-order valence-electron chi connectivity index (χ3n) is 2.42. The molecule has 18 heavy (non-hydrogen) atoms. The molecule has 0 unspecified atom stereocenters. The number of amides is 1. The van der Waals surface area contributed by atoms with Gasteiger partial charge in [-0.1, -0.05) is 6.07 Å². The van der Waals surface area contributed by atoms with Gasteiger partial charge in [-0.05, 0) is 23.6 Å². The number of ether oxygens (including phenoxy) is 1. The van der Waals surface area contributed by atoms with Crippen molar-refractivity contribution in [3.8, 4) is 5.75 Å². The Morgan fingerprint density at radius 1 is 1.44 bits per heavy atom. The van der Waals surface area contributed by atoms with Crippen LogP contribution in [0.25, 0.3) is 0 Å². The van der Waals surface area contributed by atoms with Crippen LogP contribution in [0.4, 0.5) is 4.39 Å². The molecule has 5 heteroatoms. The van der Waals surface area contributed by atoms with Gasteiger partial charge in [0, 0.05) is 10.9 Å². The summed E-state index contributed by atoms with van der Waals surface area (Å²) in [5, 5.41) is 4.60. The zero-order valence-corrected chi connectivity index (χ0v) is 10.6. The molecule has 1 N–H and O–H groups in total. The summed E-state index contributed by atoms with van der Waals surface area (Å²) in [7, 11) is 1.45. The lowest BCUT2D eigenvalue weighted by molar-refractivity contribution is 0.0947. The maximum absolute atomic E-state index is 13.6. The van der Waals surface area contributed by atoms with Gasteiger partial charge in [0.25, 0.3) is 5.91 Å². The van der Waals surface area contributed by atoms with Crippen molar-refractivity contribution in [3.05, 3.63) is 52.0 Å². The molecule has 0 aliphatic heterocycles. The second-order valence-electron chi connectivity index (χ2n) is 3.61. The topological polar surface area (TPSA) is 38.3 Å². The van der Waals surface area contributed by atoms with Crippen molar-refractivity contribution in [1.82, 2.24) is 5.32 Å². The molecule has 2 rings (SSSR count). The number of halogens is 1. The fourth-order valence-corrected chi connectivity index (χ4v) is 2.13. The van der Waals surface area contributed by atoms with Gasteiger partial charge in [-0.15, -0.1) is 11.3 Å².